The number of carboxylic acids is 1. The van der Waals surface area contributed by atoms with E-state index in [1.807, 2.05) is 6.92 Å². The van der Waals surface area contributed by atoms with Crippen LogP contribution >= 0.6 is 0 Å². The average molecular weight is 367 g/mol. The van der Waals surface area contributed by atoms with Crippen LogP contribution in [0.1, 0.15) is 67.2 Å². The van der Waals surface area contributed by atoms with Crippen LogP contribution in [-0.2, 0) is 9.22 Å². The van der Waals surface area contributed by atoms with Crippen LogP contribution in [0.15, 0.2) is 35.5 Å². The van der Waals surface area contributed by atoms with Crippen LogP contribution in [0.25, 0.3) is 0 Å². The normalized spacial score (nSPS) is 15.2. The first-order valence-electron chi connectivity index (χ1n) is 9.15. The van der Waals surface area contributed by atoms with Gasteiger partial charge in [-0.2, -0.15) is 0 Å². The Kier molecular flexibility index (Phi) is 9.66. The lowest BCUT2D eigenvalue weighted by atomic mass is 10.0. The standard InChI is InChI=1S/C21H38O3Si/c1-16(2)19(24-25(8,9)21(5,6)7)14-13-17(3)11-10-12-18(4)15-20(22)23/h11,15,19H,1,10,12-14H2,2-9H3,(H,22,23)/b17-11+,18-15+. The summed E-state index contributed by atoms with van der Waals surface area (Å²) in [7, 11) is -1.80. The molecule has 0 fully saturated rings. The van der Waals surface area contributed by atoms with Crippen LogP contribution in [0.3, 0.4) is 0 Å². The fourth-order valence-electron chi connectivity index (χ4n) is 2.23. The molecule has 0 aliphatic heterocycles. The molecule has 1 atom stereocenters. The summed E-state index contributed by atoms with van der Waals surface area (Å²) in [6.07, 6.45) is 7.20. The van der Waals surface area contributed by atoms with E-state index >= 15 is 0 Å². The Balaban J connectivity index is 4.64. The molecule has 0 aromatic heterocycles. The Morgan fingerprint density at radius 3 is 2.16 bits per heavy atom. The summed E-state index contributed by atoms with van der Waals surface area (Å²) >= 11 is 0. The van der Waals surface area contributed by atoms with Crippen LogP contribution in [-0.4, -0.2) is 25.5 Å². The maximum absolute atomic E-state index is 10.6. The number of carbonyl (C=O) groups is 1. The summed E-state index contributed by atoms with van der Waals surface area (Å²) in [4.78, 5) is 10.6. The highest BCUT2D eigenvalue weighted by molar-refractivity contribution is 6.74. The molecule has 0 spiro atoms. The van der Waals surface area contributed by atoms with Gasteiger partial charge in [-0.3, -0.25) is 0 Å². The van der Waals surface area contributed by atoms with Crippen molar-refractivity contribution in [3.8, 4) is 0 Å². The maximum Gasteiger partial charge on any atom is 0.328 e. The highest BCUT2D eigenvalue weighted by Gasteiger charge is 2.39. The SMILES string of the molecule is C=C(C)C(CC/C(C)=C/CC/C(C)=C/C(=O)O)O[Si](C)(C)C(C)(C)C. The van der Waals surface area contributed by atoms with E-state index in [0.29, 0.717) is 0 Å². The monoisotopic (exact) mass is 366 g/mol. The molecular weight excluding hydrogens is 328 g/mol. The van der Waals surface area contributed by atoms with Crippen molar-refractivity contribution in [2.75, 3.05) is 0 Å². The van der Waals surface area contributed by atoms with E-state index in [-0.39, 0.29) is 11.1 Å². The van der Waals surface area contributed by atoms with Gasteiger partial charge in [0.25, 0.3) is 0 Å². The molecule has 144 valence electrons. The molecule has 4 heteroatoms. The van der Waals surface area contributed by atoms with Crippen LogP contribution in [0.5, 0.6) is 0 Å². The zero-order chi connectivity index (χ0) is 19.8. The minimum absolute atomic E-state index is 0.109. The summed E-state index contributed by atoms with van der Waals surface area (Å²) in [6, 6.07) is 0. The zero-order valence-corrected chi connectivity index (χ0v) is 18.5. The molecular formula is C21H38O3Si. The second-order valence-corrected chi connectivity index (χ2v) is 13.4. The summed E-state index contributed by atoms with van der Waals surface area (Å²) in [5.41, 5.74) is 3.32. The number of aliphatic carboxylic acids is 1. The predicted molar refractivity (Wildman–Crippen MR) is 111 cm³/mol. The quantitative estimate of drug-likeness (QED) is 0.273. The third kappa shape index (κ3) is 9.80. The van der Waals surface area contributed by atoms with E-state index in [9.17, 15) is 4.79 Å². The minimum Gasteiger partial charge on any atom is -0.478 e. The van der Waals surface area contributed by atoms with Crippen molar-refractivity contribution in [1.82, 2.24) is 0 Å². The molecule has 1 N–H and O–H groups in total. The number of allylic oxidation sites excluding steroid dienone is 3. The average Bonchev–Trinajstić information content (AvgIpc) is 2.40. The Morgan fingerprint density at radius 2 is 1.72 bits per heavy atom. The van der Waals surface area contributed by atoms with Gasteiger partial charge in [0.1, 0.15) is 0 Å². The molecule has 0 rings (SSSR count). The first-order valence-corrected chi connectivity index (χ1v) is 12.1. The molecule has 0 saturated carbocycles. The van der Waals surface area contributed by atoms with Gasteiger partial charge in [-0.25, -0.2) is 4.79 Å². The van der Waals surface area contributed by atoms with Gasteiger partial charge < -0.3 is 9.53 Å². The van der Waals surface area contributed by atoms with E-state index < -0.39 is 14.3 Å². The Labute approximate surface area is 156 Å². The molecule has 1 unspecified atom stereocenters. The first kappa shape index (κ1) is 23.9. The summed E-state index contributed by atoms with van der Waals surface area (Å²) in [5, 5.41) is 8.92. The molecule has 0 heterocycles. The van der Waals surface area contributed by atoms with Crippen molar-refractivity contribution in [2.24, 2.45) is 0 Å². The molecule has 0 aromatic rings. The van der Waals surface area contributed by atoms with E-state index in [1.165, 1.54) is 11.6 Å². The largest absolute Gasteiger partial charge is 0.478 e. The Bertz CT molecular complexity index is 522. The van der Waals surface area contributed by atoms with Crippen LogP contribution in [0.2, 0.25) is 18.1 Å². The minimum atomic E-state index is -1.80. The Hall–Kier alpha value is -1.13. The van der Waals surface area contributed by atoms with E-state index in [4.69, 9.17) is 9.53 Å². The van der Waals surface area contributed by atoms with Crippen LogP contribution in [0, 0.1) is 0 Å². The van der Waals surface area contributed by atoms with Crippen molar-refractivity contribution < 1.29 is 14.3 Å². The smallest absolute Gasteiger partial charge is 0.328 e. The third-order valence-corrected chi connectivity index (χ3v) is 9.48. The lowest BCUT2D eigenvalue weighted by molar-refractivity contribution is -0.131. The van der Waals surface area contributed by atoms with Crippen LogP contribution in [0.4, 0.5) is 0 Å². The predicted octanol–water partition coefficient (Wildman–Crippen LogP) is 6.49. The van der Waals surface area contributed by atoms with Crippen molar-refractivity contribution in [1.29, 1.82) is 0 Å². The number of hydrogen-bond donors (Lipinski definition) is 1. The van der Waals surface area contributed by atoms with Gasteiger partial charge >= 0.3 is 5.97 Å². The summed E-state index contributed by atoms with van der Waals surface area (Å²) in [6.45, 7) is 21.5. The van der Waals surface area contributed by atoms with Crippen molar-refractivity contribution in [3.05, 3.63) is 35.5 Å². The highest BCUT2D eigenvalue weighted by Crippen LogP contribution is 2.38. The van der Waals surface area contributed by atoms with Crippen molar-refractivity contribution in [2.45, 2.75) is 91.5 Å². The number of rotatable bonds is 10. The topological polar surface area (TPSA) is 46.5 Å². The zero-order valence-electron chi connectivity index (χ0n) is 17.5. The number of hydrogen-bond acceptors (Lipinski definition) is 2. The van der Waals surface area contributed by atoms with E-state index in [0.717, 1.165) is 36.8 Å². The fraction of sp³-hybridized carbons (Fsp3) is 0.667. The van der Waals surface area contributed by atoms with Gasteiger partial charge in [-0.05, 0) is 64.6 Å². The molecule has 0 radical (unpaired) electrons. The molecule has 0 aromatic carbocycles. The van der Waals surface area contributed by atoms with Gasteiger partial charge in [0.2, 0.25) is 0 Å². The first-order chi connectivity index (χ1) is 11.3. The molecule has 3 nitrogen and oxygen atoms in total. The van der Waals surface area contributed by atoms with Crippen LogP contribution < -0.4 is 0 Å². The molecule has 0 amide bonds. The van der Waals surface area contributed by atoms with Gasteiger partial charge in [0.15, 0.2) is 8.32 Å². The van der Waals surface area contributed by atoms with Crippen molar-refractivity contribution in [3.63, 3.8) is 0 Å². The molecule has 0 aliphatic carbocycles. The second kappa shape index (κ2) is 10.1. The fourth-order valence-corrected chi connectivity index (χ4v) is 3.61. The lowest BCUT2D eigenvalue weighted by Gasteiger charge is -2.39. The molecule has 0 bridgehead atoms. The highest BCUT2D eigenvalue weighted by atomic mass is 28.4. The molecule has 0 saturated heterocycles. The number of carboxylic acid groups (broad SMARTS) is 1. The van der Waals surface area contributed by atoms with Gasteiger partial charge in [-0.15, -0.1) is 0 Å². The molecule has 0 aliphatic rings. The van der Waals surface area contributed by atoms with Gasteiger partial charge in [0, 0.05) is 6.08 Å². The van der Waals surface area contributed by atoms with E-state index in [2.05, 4.69) is 60.4 Å². The lowest BCUT2D eigenvalue weighted by Crippen LogP contribution is -2.44. The second-order valence-electron chi connectivity index (χ2n) is 8.67. The Morgan fingerprint density at radius 1 is 1.16 bits per heavy atom. The molecule has 25 heavy (non-hydrogen) atoms. The summed E-state index contributed by atoms with van der Waals surface area (Å²) in [5.74, 6) is -0.870. The maximum atomic E-state index is 10.6. The van der Waals surface area contributed by atoms with E-state index in [1.54, 1.807) is 0 Å². The van der Waals surface area contributed by atoms with Gasteiger partial charge in [0.05, 0.1) is 6.10 Å². The van der Waals surface area contributed by atoms with Gasteiger partial charge in [-0.1, -0.05) is 50.1 Å². The summed E-state index contributed by atoms with van der Waals surface area (Å²) < 4.78 is 6.54. The van der Waals surface area contributed by atoms with Crippen molar-refractivity contribution >= 4 is 14.3 Å². The third-order valence-electron chi connectivity index (χ3n) is 4.99.